The molecule has 2 aromatic carbocycles. The minimum Gasteiger partial charge on any atom is -0.372 e. The van der Waals surface area contributed by atoms with Crippen LogP contribution in [0, 0.1) is 0 Å². The number of para-hydroxylation sites is 1. The van der Waals surface area contributed by atoms with Gasteiger partial charge in [0.2, 0.25) is 0 Å². The number of hydrogen-bond acceptors (Lipinski definition) is 4. The number of rotatable bonds is 4. The lowest BCUT2D eigenvalue weighted by atomic mass is 10.1. The SMILES string of the molecule is CCn1cc(C(=O)NS(=O)(=O)c2ccc3c(c2)COC3)c2ccccc21. The van der Waals surface area contributed by atoms with Gasteiger partial charge in [0.15, 0.2) is 0 Å². The standard InChI is InChI=1S/C19H18N2O4S/c1-2-21-10-17(16-5-3-4-6-18(16)21)19(22)20-26(23,24)15-8-7-13-11-25-12-14(13)9-15/h3-10H,2,11-12H2,1H3,(H,20,22). The third-order valence-corrected chi connectivity index (χ3v) is 5.93. The molecule has 1 aliphatic heterocycles. The Balaban J connectivity index is 1.68. The molecule has 0 atom stereocenters. The smallest absolute Gasteiger partial charge is 0.267 e. The molecule has 0 saturated heterocycles. The second kappa shape index (κ2) is 6.26. The molecule has 0 unspecified atom stereocenters. The maximum Gasteiger partial charge on any atom is 0.267 e. The summed E-state index contributed by atoms with van der Waals surface area (Å²) in [4.78, 5) is 12.7. The average Bonchev–Trinajstić information content (AvgIpc) is 3.25. The van der Waals surface area contributed by atoms with Gasteiger partial charge in [0.05, 0.1) is 23.7 Å². The Morgan fingerprint density at radius 2 is 1.92 bits per heavy atom. The van der Waals surface area contributed by atoms with Gasteiger partial charge in [-0.1, -0.05) is 24.3 Å². The van der Waals surface area contributed by atoms with Crippen LogP contribution in [0.4, 0.5) is 0 Å². The first-order valence-corrected chi connectivity index (χ1v) is 9.82. The fraction of sp³-hybridized carbons (Fsp3) is 0.211. The highest BCUT2D eigenvalue weighted by Gasteiger charge is 2.23. The molecule has 4 rings (SSSR count). The van der Waals surface area contributed by atoms with Gasteiger partial charge in [-0.3, -0.25) is 4.79 Å². The van der Waals surface area contributed by atoms with Crippen LogP contribution in [0.1, 0.15) is 28.4 Å². The van der Waals surface area contributed by atoms with Crippen LogP contribution < -0.4 is 4.72 Å². The normalized spacial score (nSPS) is 13.7. The lowest BCUT2D eigenvalue weighted by Gasteiger charge is -2.08. The highest BCUT2D eigenvalue weighted by Crippen LogP contribution is 2.24. The number of carbonyl (C=O) groups is 1. The monoisotopic (exact) mass is 370 g/mol. The molecule has 6 nitrogen and oxygen atoms in total. The Morgan fingerprint density at radius 3 is 2.73 bits per heavy atom. The lowest BCUT2D eigenvalue weighted by molar-refractivity contribution is 0.0983. The van der Waals surface area contributed by atoms with Gasteiger partial charge < -0.3 is 9.30 Å². The molecule has 134 valence electrons. The second-order valence-corrected chi connectivity index (χ2v) is 7.89. The molecule has 1 amide bonds. The van der Waals surface area contributed by atoms with Crippen molar-refractivity contribution in [3.63, 3.8) is 0 Å². The van der Waals surface area contributed by atoms with Crippen molar-refractivity contribution in [2.24, 2.45) is 0 Å². The predicted molar refractivity (Wildman–Crippen MR) is 97.2 cm³/mol. The van der Waals surface area contributed by atoms with Gasteiger partial charge in [-0.25, -0.2) is 13.1 Å². The van der Waals surface area contributed by atoms with Gasteiger partial charge in [-0.2, -0.15) is 0 Å². The average molecular weight is 370 g/mol. The van der Waals surface area contributed by atoms with Crippen molar-refractivity contribution in [2.75, 3.05) is 0 Å². The zero-order chi connectivity index (χ0) is 18.3. The number of hydrogen-bond donors (Lipinski definition) is 1. The Bertz CT molecular complexity index is 1120. The van der Waals surface area contributed by atoms with Gasteiger partial charge in [0.1, 0.15) is 0 Å². The first-order chi connectivity index (χ1) is 12.5. The Hall–Kier alpha value is -2.64. The summed E-state index contributed by atoms with van der Waals surface area (Å²) in [5, 5.41) is 0.726. The number of fused-ring (bicyclic) bond motifs is 2. The minimum atomic E-state index is -3.96. The van der Waals surface area contributed by atoms with Crippen LogP contribution in [0.25, 0.3) is 10.9 Å². The van der Waals surface area contributed by atoms with Gasteiger partial charge in [0, 0.05) is 23.6 Å². The predicted octanol–water partition coefficient (Wildman–Crippen LogP) is 2.81. The van der Waals surface area contributed by atoms with E-state index in [1.807, 2.05) is 35.8 Å². The quantitative estimate of drug-likeness (QED) is 0.766. The van der Waals surface area contributed by atoms with E-state index in [4.69, 9.17) is 4.74 Å². The molecule has 3 aromatic rings. The Labute approximate surface area is 151 Å². The van der Waals surface area contributed by atoms with Crippen LogP contribution >= 0.6 is 0 Å². The molecule has 1 aliphatic rings. The van der Waals surface area contributed by atoms with Crippen molar-refractivity contribution in [3.8, 4) is 0 Å². The fourth-order valence-corrected chi connectivity index (χ4v) is 4.26. The zero-order valence-corrected chi connectivity index (χ0v) is 15.0. The summed E-state index contributed by atoms with van der Waals surface area (Å²) in [6.07, 6.45) is 1.69. The highest BCUT2D eigenvalue weighted by molar-refractivity contribution is 7.90. The third kappa shape index (κ3) is 2.79. The number of nitrogens with zero attached hydrogens (tertiary/aromatic N) is 1. The fourth-order valence-electron chi connectivity index (χ4n) is 3.24. The van der Waals surface area contributed by atoms with Crippen LogP contribution in [-0.2, 0) is 34.5 Å². The van der Waals surface area contributed by atoms with Crippen molar-refractivity contribution < 1.29 is 17.9 Å². The number of sulfonamides is 1. The van der Waals surface area contributed by atoms with Crippen LogP contribution in [0.3, 0.4) is 0 Å². The van der Waals surface area contributed by atoms with Crippen molar-refractivity contribution in [1.29, 1.82) is 0 Å². The third-order valence-electron chi connectivity index (χ3n) is 4.60. The maximum atomic E-state index is 12.7. The Kier molecular flexibility index (Phi) is 4.05. The molecule has 7 heteroatoms. The molecule has 26 heavy (non-hydrogen) atoms. The van der Waals surface area contributed by atoms with Crippen molar-refractivity contribution >= 4 is 26.8 Å². The molecule has 0 spiro atoms. The zero-order valence-electron chi connectivity index (χ0n) is 14.2. The van der Waals surface area contributed by atoms with Crippen molar-refractivity contribution in [3.05, 3.63) is 65.4 Å². The number of benzene rings is 2. The summed E-state index contributed by atoms with van der Waals surface area (Å²) in [7, 11) is -3.96. The van der Waals surface area contributed by atoms with Crippen LogP contribution in [0.2, 0.25) is 0 Å². The number of aryl methyl sites for hydroxylation is 1. The van der Waals surface area contributed by atoms with Crippen LogP contribution in [-0.4, -0.2) is 18.9 Å². The number of carbonyl (C=O) groups excluding carboxylic acids is 1. The molecule has 0 radical (unpaired) electrons. The summed E-state index contributed by atoms with van der Waals surface area (Å²) in [6, 6.07) is 12.2. The highest BCUT2D eigenvalue weighted by atomic mass is 32.2. The molecule has 0 bridgehead atoms. The van der Waals surface area contributed by atoms with Gasteiger partial charge in [-0.05, 0) is 36.2 Å². The van der Waals surface area contributed by atoms with E-state index in [-0.39, 0.29) is 4.90 Å². The van der Waals surface area contributed by atoms with E-state index in [0.717, 1.165) is 22.0 Å². The molecule has 0 saturated carbocycles. The van der Waals surface area contributed by atoms with Crippen LogP contribution in [0.15, 0.2) is 53.6 Å². The number of amides is 1. The molecule has 2 heterocycles. The number of ether oxygens (including phenoxy) is 1. The summed E-state index contributed by atoms with van der Waals surface area (Å²) in [6.45, 7) is 3.53. The first-order valence-electron chi connectivity index (χ1n) is 8.34. The largest absolute Gasteiger partial charge is 0.372 e. The summed E-state index contributed by atoms with van der Waals surface area (Å²) < 4.78 is 34.7. The molecule has 0 aliphatic carbocycles. The maximum absolute atomic E-state index is 12.7. The van der Waals surface area contributed by atoms with E-state index >= 15 is 0 Å². The molecule has 0 fully saturated rings. The molecule has 1 aromatic heterocycles. The van der Waals surface area contributed by atoms with Gasteiger partial charge >= 0.3 is 0 Å². The van der Waals surface area contributed by atoms with Crippen molar-refractivity contribution in [1.82, 2.24) is 9.29 Å². The summed E-state index contributed by atoms with van der Waals surface area (Å²) in [5.41, 5.74) is 3.05. The minimum absolute atomic E-state index is 0.0642. The van der Waals surface area contributed by atoms with Crippen LogP contribution in [0.5, 0.6) is 0 Å². The van der Waals surface area contributed by atoms with E-state index in [0.29, 0.717) is 25.3 Å². The second-order valence-electron chi connectivity index (χ2n) is 6.20. The first kappa shape index (κ1) is 16.8. The number of aromatic nitrogens is 1. The molecule has 1 N–H and O–H groups in total. The van der Waals surface area contributed by atoms with E-state index in [2.05, 4.69) is 4.72 Å². The summed E-state index contributed by atoms with van der Waals surface area (Å²) in [5.74, 6) is -0.634. The Morgan fingerprint density at radius 1 is 1.15 bits per heavy atom. The van der Waals surface area contributed by atoms with E-state index < -0.39 is 15.9 Å². The lowest BCUT2D eigenvalue weighted by Crippen LogP contribution is -2.30. The van der Waals surface area contributed by atoms with Crippen molar-refractivity contribution in [2.45, 2.75) is 31.6 Å². The van der Waals surface area contributed by atoms with Gasteiger partial charge in [-0.15, -0.1) is 0 Å². The van der Waals surface area contributed by atoms with Gasteiger partial charge in [0.25, 0.3) is 15.9 Å². The molecular formula is C19H18N2O4S. The number of nitrogens with one attached hydrogen (secondary N) is 1. The topological polar surface area (TPSA) is 77.4 Å². The van der Waals surface area contributed by atoms with E-state index in [1.165, 1.54) is 6.07 Å². The van der Waals surface area contributed by atoms with E-state index in [9.17, 15) is 13.2 Å². The van der Waals surface area contributed by atoms with E-state index in [1.54, 1.807) is 18.3 Å². The molecular weight excluding hydrogens is 352 g/mol. The summed E-state index contributed by atoms with van der Waals surface area (Å²) >= 11 is 0.